The molecule has 0 aromatic carbocycles. The molecule has 0 fully saturated rings. The molecular formula is C11H22N4O. The van der Waals surface area contributed by atoms with Gasteiger partial charge < -0.3 is 10.1 Å². The highest BCUT2D eigenvalue weighted by Crippen LogP contribution is 2.04. The highest BCUT2D eigenvalue weighted by molar-refractivity contribution is 4.86. The van der Waals surface area contributed by atoms with Gasteiger partial charge in [-0.25, -0.2) is 4.98 Å². The monoisotopic (exact) mass is 226 g/mol. The van der Waals surface area contributed by atoms with Crippen LogP contribution in [-0.4, -0.2) is 41.6 Å². The van der Waals surface area contributed by atoms with E-state index in [4.69, 9.17) is 4.74 Å². The van der Waals surface area contributed by atoms with E-state index < -0.39 is 0 Å². The van der Waals surface area contributed by atoms with Crippen LogP contribution in [0.1, 0.15) is 19.7 Å². The summed E-state index contributed by atoms with van der Waals surface area (Å²) < 4.78 is 6.93. The van der Waals surface area contributed by atoms with Crippen LogP contribution >= 0.6 is 0 Å². The molecule has 1 N–H and O–H groups in total. The van der Waals surface area contributed by atoms with E-state index in [0.29, 0.717) is 5.92 Å². The van der Waals surface area contributed by atoms with Gasteiger partial charge in [0, 0.05) is 26.6 Å². The average molecular weight is 226 g/mol. The molecule has 1 heterocycles. The van der Waals surface area contributed by atoms with Crippen molar-refractivity contribution in [3.05, 3.63) is 12.2 Å². The molecule has 0 radical (unpaired) electrons. The Morgan fingerprint density at radius 3 is 3.06 bits per heavy atom. The zero-order valence-corrected chi connectivity index (χ0v) is 10.4. The van der Waals surface area contributed by atoms with Crippen LogP contribution in [0.4, 0.5) is 0 Å². The Balaban J connectivity index is 2.25. The summed E-state index contributed by atoms with van der Waals surface area (Å²) in [6.45, 7) is 7.84. The van der Waals surface area contributed by atoms with Crippen molar-refractivity contribution in [1.29, 1.82) is 0 Å². The Labute approximate surface area is 97.2 Å². The maximum absolute atomic E-state index is 4.98. The van der Waals surface area contributed by atoms with E-state index in [1.165, 1.54) is 0 Å². The van der Waals surface area contributed by atoms with Crippen LogP contribution in [0.25, 0.3) is 0 Å². The van der Waals surface area contributed by atoms with Gasteiger partial charge in [0.2, 0.25) is 0 Å². The number of nitrogens with one attached hydrogen (secondary N) is 1. The van der Waals surface area contributed by atoms with Gasteiger partial charge in [0.05, 0.1) is 6.61 Å². The first kappa shape index (κ1) is 13.1. The molecule has 1 aromatic heterocycles. The highest BCUT2D eigenvalue weighted by Gasteiger charge is 2.08. The predicted octanol–water partition coefficient (Wildman–Crippen LogP) is 0.713. The second-order valence-electron chi connectivity index (χ2n) is 4.00. The molecule has 16 heavy (non-hydrogen) atoms. The topological polar surface area (TPSA) is 52.0 Å². The van der Waals surface area contributed by atoms with Crippen LogP contribution < -0.4 is 5.32 Å². The smallest absolute Gasteiger partial charge is 0.138 e. The number of hydrogen-bond donors (Lipinski definition) is 1. The Morgan fingerprint density at radius 2 is 2.38 bits per heavy atom. The van der Waals surface area contributed by atoms with Crippen molar-refractivity contribution in [2.45, 2.75) is 26.8 Å². The Bertz CT molecular complexity index is 287. The van der Waals surface area contributed by atoms with Crippen LogP contribution in [0.15, 0.2) is 6.33 Å². The number of rotatable bonds is 8. The van der Waals surface area contributed by atoms with Crippen LogP contribution in [-0.2, 0) is 17.7 Å². The first-order valence-corrected chi connectivity index (χ1v) is 5.84. The molecule has 5 nitrogen and oxygen atoms in total. The lowest BCUT2D eigenvalue weighted by Crippen LogP contribution is -2.26. The lowest BCUT2D eigenvalue weighted by Gasteiger charge is -2.12. The normalized spacial score (nSPS) is 12.9. The van der Waals surface area contributed by atoms with Gasteiger partial charge in [-0.2, -0.15) is 5.10 Å². The Morgan fingerprint density at radius 1 is 1.56 bits per heavy atom. The van der Waals surface area contributed by atoms with E-state index >= 15 is 0 Å². The molecule has 0 spiro atoms. The fourth-order valence-corrected chi connectivity index (χ4v) is 1.62. The predicted molar refractivity (Wildman–Crippen MR) is 63.3 cm³/mol. The molecule has 0 aliphatic rings. The summed E-state index contributed by atoms with van der Waals surface area (Å²) in [5.41, 5.74) is 0. The zero-order chi connectivity index (χ0) is 11.8. The highest BCUT2D eigenvalue weighted by atomic mass is 16.5. The van der Waals surface area contributed by atoms with E-state index in [1.807, 2.05) is 4.68 Å². The summed E-state index contributed by atoms with van der Waals surface area (Å²) in [6.07, 6.45) is 2.59. The molecule has 5 heteroatoms. The second kappa shape index (κ2) is 7.35. The van der Waals surface area contributed by atoms with Gasteiger partial charge in [-0.15, -0.1) is 0 Å². The lowest BCUT2D eigenvalue weighted by atomic mass is 10.1. The third-order valence-electron chi connectivity index (χ3n) is 2.50. The van der Waals surface area contributed by atoms with E-state index in [9.17, 15) is 0 Å². The number of aromatic nitrogens is 3. The maximum atomic E-state index is 4.98. The summed E-state index contributed by atoms with van der Waals surface area (Å²) >= 11 is 0. The summed E-state index contributed by atoms with van der Waals surface area (Å²) in [5, 5.41) is 7.52. The molecule has 0 aliphatic heterocycles. The molecule has 0 amide bonds. The molecule has 1 aromatic rings. The van der Waals surface area contributed by atoms with Gasteiger partial charge >= 0.3 is 0 Å². The summed E-state index contributed by atoms with van der Waals surface area (Å²) in [7, 11) is 1.72. The van der Waals surface area contributed by atoms with Crippen molar-refractivity contribution in [1.82, 2.24) is 20.1 Å². The van der Waals surface area contributed by atoms with Crippen LogP contribution in [0.3, 0.4) is 0 Å². The third-order valence-corrected chi connectivity index (χ3v) is 2.50. The van der Waals surface area contributed by atoms with Crippen molar-refractivity contribution in [3.63, 3.8) is 0 Å². The van der Waals surface area contributed by atoms with Gasteiger partial charge in [0.1, 0.15) is 12.2 Å². The van der Waals surface area contributed by atoms with Crippen molar-refractivity contribution >= 4 is 0 Å². The number of aryl methyl sites for hydroxylation is 1. The lowest BCUT2D eigenvalue weighted by molar-refractivity contribution is 0.198. The maximum Gasteiger partial charge on any atom is 0.138 e. The summed E-state index contributed by atoms with van der Waals surface area (Å²) in [5.74, 6) is 1.63. The SMILES string of the molecule is CCn1ncnc1CC(C)CNCCOC. The second-order valence-corrected chi connectivity index (χ2v) is 4.00. The molecule has 0 bridgehead atoms. The average Bonchev–Trinajstić information content (AvgIpc) is 2.71. The first-order valence-electron chi connectivity index (χ1n) is 5.84. The van der Waals surface area contributed by atoms with Crippen molar-refractivity contribution < 1.29 is 4.74 Å². The zero-order valence-electron chi connectivity index (χ0n) is 10.4. The summed E-state index contributed by atoms with van der Waals surface area (Å²) in [4.78, 5) is 4.27. The van der Waals surface area contributed by atoms with Crippen molar-refractivity contribution in [2.75, 3.05) is 26.8 Å². The molecule has 1 rings (SSSR count). The Kier molecular flexibility index (Phi) is 6.03. The van der Waals surface area contributed by atoms with Crippen LogP contribution in [0.2, 0.25) is 0 Å². The van der Waals surface area contributed by atoms with Crippen molar-refractivity contribution in [3.8, 4) is 0 Å². The fourth-order valence-electron chi connectivity index (χ4n) is 1.62. The number of nitrogens with zero attached hydrogens (tertiary/aromatic N) is 3. The van der Waals surface area contributed by atoms with E-state index in [-0.39, 0.29) is 0 Å². The Hall–Kier alpha value is -0.940. The van der Waals surface area contributed by atoms with E-state index in [1.54, 1.807) is 13.4 Å². The van der Waals surface area contributed by atoms with Gasteiger partial charge in [-0.3, -0.25) is 4.68 Å². The molecule has 0 saturated carbocycles. The minimum absolute atomic E-state index is 0.561. The minimum Gasteiger partial charge on any atom is -0.383 e. The van der Waals surface area contributed by atoms with E-state index in [0.717, 1.165) is 38.5 Å². The number of methoxy groups -OCH3 is 1. The van der Waals surface area contributed by atoms with Crippen LogP contribution in [0.5, 0.6) is 0 Å². The molecule has 92 valence electrons. The molecule has 1 atom stereocenters. The molecule has 1 unspecified atom stereocenters. The van der Waals surface area contributed by atoms with Gasteiger partial charge in [0.15, 0.2) is 0 Å². The third kappa shape index (κ3) is 4.28. The van der Waals surface area contributed by atoms with E-state index in [2.05, 4.69) is 29.2 Å². The minimum atomic E-state index is 0.561. The van der Waals surface area contributed by atoms with Crippen molar-refractivity contribution in [2.24, 2.45) is 5.92 Å². The standard InChI is InChI=1S/C11H22N4O/c1-4-15-11(13-9-14-15)7-10(2)8-12-5-6-16-3/h9-10,12H,4-8H2,1-3H3. The van der Waals surface area contributed by atoms with Gasteiger partial charge in [-0.05, 0) is 19.4 Å². The molecular weight excluding hydrogens is 204 g/mol. The number of hydrogen-bond acceptors (Lipinski definition) is 4. The summed E-state index contributed by atoms with van der Waals surface area (Å²) in [6, 6.07) is 0. The first-order chi connectivity index (χ1) is 7.77. The quantitative estimate of drug-likeness (QED) is 0.663. The largest absolute Gasteiger partial charge is 0.383 e. The fraction of sp³-hybridized carbons (Fsp3) is 0.818. The molecule has 0 aliphatic carbocycles. The van der Waals surface area contributed by atoms with Crippen LogP contribution in [0, 0.1) is 5.92 Å². The molecule has 0 saturated heterocycles. The van der Waals surface area contributed by atoms with Gasteiger partial charge in [0.25, 0.3) is 0 Å². The van der Waals surface area contributed by atoms with Gasteiger partial charge in [-0.1, -0.05) is 6.92 Å². The number of ether oxygens (including phenoxy) is 1.